The van der Waals surface area contributed by atoms with Gasteiger partial charge < -0.3 is 10.1 Å². The number of para-hydroxylation sites is 1. The highest BCUT2D eigenvalue weighted by atomic mass is 16.5. The number of hydrogen-bond donors (Lipinski definition) is 2. The van der Waals surface area contributed by atoms with Gasteiger partial charge in [-0.05, 0) is 42.0 Å². The highest BCUT2D eigenvalue weighted by Gasteiger charge is 1.99. The fourth-order valence-corrected chi connectivity index (χ4v) is 1.63. The Morgan fingerprint density at radius 3 is 2.36 bits per heavy atom. The van der Waals surface area contributed by atoms with Crippen molar-refractivity contribution in [2.45, 2.75) is 6.92 Å². The van der Waals surface area contributed by atoms with E-state index in [4.69, 9.17) is 4.74 Å². The molecule has 2 rings (SSSR count). The molecule has 0 aromatic heterocycles. The number of carbonyl (C=O) groups excluding carboxylic acids is 2. The van der Waals surface area contributed by atoms with Crippen LogP contribution in [-0.4, -0.2) is 18.2 Å². The van der Waals surface area contributed by atoms with Gasteiger partial charge in [-0.2, -0.15) is 5.10 Å². The van der Waals surface area contributed by atoms with E-state index in [2.05, 4.69) is 15.8 Å². The molecular weight excluding hydrogens is 282 g/mol. The second-order valence-corrected chi connectivity index (χ2v) is 4.35. The van der Waals surface area contributed by atoms with Gasteiger partial charge in [-0.15, -0.1) is 0 Å². The molecule has 0 aliphatic rings. The van der Waals surface area contributed by atoms with Gasteiger partial charge in [0.25, 0.3) is 0 Å². The Morgan fingerprint density at radius 1 is 1.05 bits per heavy atom. The predicted octanol–water partition coefficient (Wildman–Crippen LogP) is 2.77. The molecule has 0 bridgehead atoms. The Balaban J connectivity index is 1.84. The van der Waals surface area contributed by atoms with Crippen molar-refractivity contribution in [1.82, 2.24) is 5.43 Å². The minimum absolute atomic E-state index is 0.374. The van der Waals surface area contributed by atoms with Gasteiger partial charge in [-0.25, -0.2) is 10.2 Å². The average Bonchev–Trinajstić information content (AvgIpc) is 2.49. The van der Waals surface area contributed by atoms with Crippen molar-refractivity contribution < 1.29 is 14.3 Å². The average molecular weight is 297 g/mol. The molecular formula is C16H15N3O3. The fraction of sp³-hybridized carbons (Fsp3) is 0.0625. The molecule has 0 saturated heterocycles. The van der Waals surface area contributed by atoms with E-state index in [0.29, 0.717) is 11.4 Å². The first-order valence-electron chi connectivity index (χ1n) is 6.57. The van der Waals surface area contributed by atoms with Crippen LogP contribution in [0.2, 0.25) is 0 Å². The molecule has 0 fully saturated rings. The SMILES string of the molecule is CC(=O)Oc1ccc(/C=N/NC(=O)Nc2ccccc2)cc1. The van der Waals surface area contributed by atoms with Gasteiger partial charge in [0.2, 0.25) is 0 Å². The van der Waals surface area contributed by atoms with Crippen molar-refractivity contribution in [1.29, 1.82) is 0 Å². The number of nitrogens with zero attached hydrogens (tertiary/aromatic N) is 1. The smallest absolute Gasteiger partial charge is 0.339 e. The fourth-order valence-electron chi connectivity index (χ4n) is 1.63. The minimum atomic E-state index is -0.431. The Labute approximate surface area is 127 Å². The molecule has 0 atom stereocenters. The van der Waals surface area contributed by atoms with Gasteiger partial charge >= 0.3 is 12.0 Å². The zero-order valence-electron chi connectivity index (χ0n) is 11.9. The molecule has 0 heterocycles. The van der Waals surface area contributed by atoms with Crippen molar-refractivity contribution in [3.8, 4) is 5.75 Å². The zero-order valence-corrected chi connectivity index (χ0v) is 11.9. The molecule has 6 nitrogen and oxygen atoms in total. The van der Waals surface area contributed by atoms with E-state index in [1.54, 1.807) is 36.4 Å². The first-order chi connectivity index (χ1) is 10.6. The number of amides is 2. The Morgan fingerprint density at radius 2 is 1.73 bits per heavy atom. The lowest BCUT2D eigenvalue weighted by Crippen LogP contribution is -2.24. The van der Waals surface area contributed by atoms with Crippen LogP contribution in [0.15, 0.2) is 59.7 Å². The van der Waals surface area contributed by atoms with Crippen LogP contribution in [0.3, 0.4) is 0 Å². The first kappa shape index (κ1) is 15.2. The van der Waals surface area contributed by atoms with Crippen molar-refractivity contribution >= 4 is 23.9 Å². The lowest BCUT2D eigenvalue weighted by molar-refractivity contribution is -0.131. The van der Waals surface area contributed by atoms with Crippen molar-refractivity contribution in [3.05, 3.63) is 60.2 Å². The van der Waals surface area contributed by atoms with Crippen LogP contribution < -0.4 is 15.5 Å². The summed E-state index contributed by atoms with van der Waals surface area (Å²) in [5.41, 5.74) is 3.80. The van der Waals surface area contributed by atoms with Crippen LogP contribution in [0, 0.1) is 0 Å². The number of urea groups is 1. The van der Waals surface area contributed by atoms with E-state index < -0.39 is 6.03 Å². The molecule has 22 heavy (non-hydrogen) atoms. The number of rotatable bonds is 4. The summed E-state index contributed by atoms with van der Waals surface area (Å²) in [7, 11) is 0. The molecule has 112 valence electrons. The summed E-state index contributed by atoms with van der Waals surface area (Å²) in [6.07, 6.45) is 1.49. The largest absolute Gasteiger partial charge is 0.427 e. The van der Waals surface area contributed by atoms with Crippen LogP contribution in [0.4, 0.5) is 10.5 Å². The summed E-state index contributed by atoms with van der Waals surface area (Å²) in [5, 5.41) is 6.47. The zero-order chi connectivity index (χ0) is 15.8. The number of benzene rings is 2. The summed E-state index contributed by atoms with van der Waals surface area (Å²) >= 11 is 0. The van der Waals surface area contributed by atoms with Gasteiger partial charge in [-0.3, -0.25) is 4.79 Å². The third-order valence-electron chi connectivity index (χ3n) is 2.55. The molecule has 0 saturated carbocycles. The summed E-state index contributed by atoms with van der Waals surface area (Å²) in [6, 6.07) is 15.4. The van der Waals surface area contributed by atoms with Crippen molar-refractivity contribution in [2.75, 3.05) is 5.32 Å². The van der Waals surface area contributed by atoms with E-state index in [1.165, 1.54) is 13.1 Å². The second-order valence-electron chi connectivity index (χ2n) is 4.35. The predicted molar refractivity (Wildman–Crippen MR) is 83.9 cm³/mol. The highest BCUT2D eigenvalue weighted by molar-refractivity contribution is 5.90. The minimum Gasteiger partial charge on any atom is -0.427 e. The second kappa shape index (κ2) is 7.58. The maximum absolute atomic E-state index is 11.6. The number of ether oxygens (including phenoxy) is 1. The van der Waals surface area contributed by atoms with Gasteiger partial charge in [0.1, 0.15) is 5.75 Å². The lowest BCUT2D eigenvalue weighted by Gasteiger charge is -2.03. The number of hydrazone groups is 1. The van der Waals surface area contributed by atoms with E-state index >= 15 is 0 Å². The summed E-state index contributed by atoms with van der Waals surface area (Å²) in [4.78, 5) is 22.4. The lowest BCUT2D eigenvalue weighted by atomic mass is 10.2. The van der Waals surface area contributed by atoms with Crippen LogP contribution in [0.1, 0.15) is 12.5 Å². The molecule has 0 aliphatic carbocycles. The standard InChI is InChI=1S/C16H15N3O3/c1-12(20)22-15-9-7-13(8-10-15)11-17-19-16(21)18-14-5-3-2-4-6-14/h2-11H,1H3,(H2,18,19,21)/b17-11+. The summed E-state index contributed by atoms with van der Waals surface area (Å²) in [5.74, 6) is 0.0834. The van der Waals surface area contributed by atoms with Gasteiger partial charge in [0, 0.05) is 12.6 Å². The Bertz CT molecular complexity index is 667. The topological polar surface area (TPSA) is 79.8 Å². The number of esters is 1. The number of nitrogens with one attached hydrogen (secondary N) is 2. The molecule has 0 unspecified atom stereocenters. The molecule has 0 radical (unpaired) electrons. The van der Waals surface area contributed by atoms with E-state index in [-0.39, 0.29) is 5.97 Å². The first-order valence-corrected chi connectivity index (χ1v) is 6.57. The molecule has 2 amide bonds. The van der Waals surface area contributed by atoms with Crippen molar-refractivity contribution in [2.24, 2.45) is 5.10 Å². The van der Waals surface area contributed by atoms with E-state index in [1.807, 2.05) is 18.2 Å². The molecule has 6 heteroatoms. The highest BCUT2D eigenvalue weighted by Crippen LogP contribution is 2.11. The number of anilines is 1. The van der Waals surface area contributed by atoms with Crippen molar-refractivity contribution in [3.63, 3.8) is 0 Å². The van der Waals surface area contributed by atoms with Crippen LogP contribution in [0.25, 0.3) is 0 Å². The van der Waals surface area contributed by atoms with E-state index in [9.17, 15) is 9.59 Å². The van der Waals surface area contributed by atoms with Gasteiger partial charge in [0.05, 0.1) is 6.21 Å². The maximum Gasteiger partial charge on any atom is 0.339 e. The Kier molecular flexibility index (Phi) is 5.25. The number of hydrogen-bond acceptors (Lipinski definition) is 4. The molecule has 2 aromatic carbocycles. The third-order valence-corrected chi connectivity index (χ3v) is 2.55. The summed E-state index contributed by atoms with van der Waals surface area (Å²) < 4.78 is 4.92. The van der Waals surface area contributed by atoms with Gasteiger partial charge in [-0.1, -0.05) is 18.2 Å². The Hall–Kier alpha value is -3.15. The quantitative estimate of drug-likeness (QED) is 0.394. The van der Waals surface area contributed by atoms with Crippen LogP contribution in [-0.2, 0) is 4.79 Å². The normalized spacial score (nSPS) is 10.2. The molecule has 0 aliphatic heterocycles. The van der Waals surface area contributed by atoms with E-state index in [0.717, 1.165) is 5.56 Å². The molecule has 2 aromatic rings. The third kappa shape index (κ3) is 5.09. The van der Waals surface area contributed by atoms with Crippen LogP contribution >= 0.6 is 0 Å². The van der Waals surface area contributed by atoms with Gasteiger partial charge in [0.15, 0.2) is 0 Å². The van der Waals surface area contributed by atoms with Crippen LogP contribution in [0.5, 0.6) is 5.75 Å². The molecule has 2 N–H and O–H groups in total. The maximum atomic E-state index is 11.6. The molecule has 0 spiro atoms. The summed E-state index contributed by atoms with van der Waals surface area (Å²) in [6.45, 7) is 1.34. The monoisotopic (exact) mass is 297 g/mol. The number of carbonyl (C=O) groups is 2.